The number of Topliss-reactive ketones (excluding diaryl/α,β-unsaturated/α-hetero) is 1. The van der Waals surface area contributed by atoms with Gasteiger partial charge in [0.1, 0.15) is 48.8 Å². The van der Waals surface area contributed by atoms with E-state index in [1.54, 1.807) is 0 Å². The molecule has 1 rings (SSSR count). The lowest BCUT2D eigenvalue weighted by atomic mass is 9.89. The lowest BCUT2D eigenvalue weighted by molar-refractivity contribution is -0.221. The third-order valence-electron chi connectivity index (χ3n) is 3.68. The van der Waals surface area contributed by atoms with Crippen LogP contribution in [0.15, 0.2) is 0 Å². The molecule has 1 heterocycles. The molecule has 10 nitrogen and oxygen atoms in total. The Kier molecular flexibility index (Phi) is 6.80. The molecule has 0 saturated carbocycles. The molecule has 1 fully saturated rings. The zero-order valence-electron chi connectivity index (χ0n) is 11.8. The van der Waals surface area contributed by atoms with Crippen LogP contribution >= 0.6 is 0 Å². The second-order valence-corrected chi connectivity index (χ2v) is 5.31. The van der Waals surface area contributed by atoms with Crippen LogP contribution in [0.25, 0.3) is 0 Å². The van der Waals surface area contributed by atoms with Gasteiger partial charge >= 0.3 is 0 Å². The summed E-state index contributed by atoms with van der Waals surface area (Å²) >= 11 is 0. The van der Waals surface area contributed by atoms with Gasteiger partial charge in [0.15, 0.2) is 5.78 Å². The van der Waals surface area contributed by atoms with Crippen LogP contribution < -0.4 is 0 Å². The summed E-state index contributed by atoms with van der Waals surface area (Å²) in [5.41, 5.74) is 0. The van der Waals surface area contributed by atoms with Crippen molar-refractivity contribution >= 4 is 5.78 Å². The fourth-order valence-corrected chi connectivity index (χ4v) is 2.15. The average Bonchev–Trinajstić information content (AvgIpc) is 2.52. The van der Waals surface area contributed by atoms with Crippen LogP contribution in [0.2, 0.25) is 0 Å². The first-order valence-electron chi connectivity index (χ1n) is 6.70. The molecule has 22 heavy (non-hydrogen) atoms. The number of aliphatic hydroxyl groups is 8. The lowest BCUT2D eigenvalue weighted by Crippen LogP contribution is -2.62. The quantitative estimate of drug-likeness (QED) is 0.234. The summed E-state index contributed by atoms with van der Waals surface area (Å²) in [5.74, 6) is -1.25. The molecule has 1 unspecified atom stereocenters. The van der Waals surface area contributed by atoms with Crippen molar-refractivity contribution in [3.05, 3.63) is 0 Å². The number of ether oxygens (including phenoxy) is 1. The summed E-state index contributed by atoms with van der Waals surface area (Å²) in [4.78, 5) is 12.0. The molecule has 10 heteroatoms. The standard InChI is InChI=1S/C12H22O10/c1-3-5(15)7(17)10(20)12(22-3)11(21)9(19)8(18)6(16)4(14)2-13/h3-10,12-20H,2H2,1H3/t3-,4-,5-,6-,7+,8+,9-,10+,12?/m1/s1. The highest BCUT2D eigenvalue weighted by molar-refractivity contribution is 5.88. The van der Waals surface area contributed by atoms with Gasteiger partial charge in [-0.2, -0.15) is 0 Å². The first kappa shape index (κ1) is 19.4. The van der Waals surface area contributed by atoms with Gasteiger partial charge < -0.3 is 45.6 Å². The second-order valence-electron chi connectivity index (χ2n) is 5.31. The van der Waals surface area contributed by atoms with E-state index in [0.717, 1.165) is 0 Å². The van der Waals surface area contributed by atoms with Gasteiger partial charge in [-0.15, -0.1) is 0 Å². The van der Waals surface area contributed by atoms with Crippen molar-refractivity contribution in [2.75, 3.05) is 6.61 Å². The Balaban J connectivity index is 2.81. The van der Waals surface area contributed by atoms with E-state index in [9.17, 15) is 40.5 Å². The minimum absolute atomic E-state index is 0.913. The fourth-order valence-electron chi connectivity index (χ4n) is 2.15. The number of ketones is 1. The van der Waals surface area contributed by atoms with E-state index in [2.05, 4.69) is 0 Å². The highest BCUT2D eigenvalue weighted by atomic mass is 16.5. The Bertz CT molecular complexity index is 377. The first-order valence-corrected chi connectivity index (χ1v) is 6.70. The lowest BCUT2D eigenvalue weighted by Gasteiger charge is -2.39. The van der Waals surface area contributed by atoms with Crippen LogP contribution in [-0.4, -0.2) is 108 Å². The van der Waals surface area contributed by atoms with Crippen molar-refractivity contribution < 1.29 is 50.4 Å². The number of carbonyl (C=O) groups is 1. The van der Waals surface area contributed by atoms with E-state index in [1.807, 2.05) is 0 Å². The Morgan fingerprint density at radius 3 is 2.05 bits per heavy atom. The van der Waals surface area contributed by atoms with Crippen LogP contribution in [0.1, 0.15) is 6.92 Å². The van der Waals surface area contributed by atoms with Gasteiger partial charge in [0.2, 0.25) is 0 Å². The number of hydrogen-bond donors (Lipinski definition) is 8. The van der Waals surface area contributed by atoms with E-state index in [4.69, 9.17) is 9.84 Å². The minimum atomic E-state index is -2.24. The molecular weight excluding hydrogens is 304 g/mol. The van der Waals surface area contributed by atoms with Gasteiger partial charge in [-0.1, -0.05) is 0 Å². The normalized spacial score (nSPS) is 38.1. The maximum atomic E-state index is 12.0. The summed E-state index contributed by atoms with van der Waals surface area (Å²) in [6.45, 7) is 0.414. The zero-order valence-corrected chi connectivity index (χ0v) is 11.8. The molecule has 1 aliphatic heterocycles. The molecule has 1 aliphatic rings. The van der Waals surface area contributed by atoms with Gasteiger partial charge in [-0.05, 0) is 6.92 Å². The maximum Gasteiger partial charge on any atom is 0.195 e. The van der Waals surface area contributed by atoms with Gasteiger partial charge in [0.05, 0.1) is 12.7 Å². The largest absolute Gasteiger partial charge is 0.394 e. The molecule has 0 radical (unpaired) electrons. The zero-order chi connectivity index (χ0) is 17.2. The van der Waals surface area contributed by atoms with Crippen molar-refractivity contribution in [2.24, 2.45) is 0 Å². The highest BCUT2D eigenvalue weighted by Crippen LogP contribution is 2.23. The van der Waals surface area contributed by atoms with E-state index in [0.29, 0.717) is 0 Å². The summed E-state index contributed by atoms with van der Waals surface area (Å²) in [6.07, 6.45) is -16.0. The number of rotatable bonds is 6. The molecular formula is C12H22O10. The highest BCUT2D eigenvalue weighted by Gasteiger charge is 2.48. The summed E-state index contributed by atoms with van der Waals surface area (Å²) in [5, 5.41) is 75.4. The molecule has 0 aromatic carbocycles. The number of aliphatic hydroxyl groups excluding tert-OH is 8. The van der Waals surface area contributed by atoms with Crippen LogP contribution in [0.4, 0.5) is 0 Å². The molecule has 130 valence electrons. The number of carbonyl (C=O) groups excluding carboxylic acids is 1. The Morgan fingerprint density at radius 2 is 1.55 bits per heavy atom. The topological polar surface area (TPSA) is 188 Å². The van der Waals surface area contributed by atoms with Crippen molar-refractivity contribution in [1.82, 2.24) is 0 Å². The molecule has 0 aromatic heterocycles. The van der Waals surface area contributed by atoms with Crippen molar-refractivity contribution in [2.45, 2.75) is 61.9 Å². The monoisotopic (exact) mass is 326 g/mol. The molecule has 9 atom stereocenters. The molecule has 0 aromatic rings. The molecule has 0 bridgehead atoms. The Morgan fingerprint density at radius 1 is 1.00 bits per heavy atom. The van der Waals surface area contributed by atoms with E-state index < -0.39 is 67.3 Å². The van der Waals surface area contributed by atoms with Crippen molar-refractivity contribution in [1.29, 1.82) is 0 Å². The fraction of sp³-hybridized carbons (Fsp3) is 0.917. The third-order valence-corrected chi connectivity index (χ3v) is 3.68. The minimum Gasteiger partial charge on any atom is -0.394 e. The maximum absolute atomic E-state index is 12.0. The third kappa shape index (κ3) is 3.79. The molecule has 0 spiro atoms. The predicted molar refractivity (Wildman–Crippen MR) is 68.5 cm³/mol. The summed E-state index contributed by atoms with van der Waals surface area (Å²) in [6, 6.07) is 0. The van der Waals surface area contributed by atoms with Crippen molar-refractivity contribution in [3.63, 3.8) is 0 Å². The van der Waals surface area contributed by atoms with Crippen LogP contribution in [0.5, 0.6) is 0 Å². The Labute approximate surface area is 125 Å². The molecule has 8 N–H and O–H groups in total. The number of hydrogen-bond acceptors (Lipinski definition) is 10. The van der Waals surface area contributed by atoms with Gasteiger partial charge in [-0.25, -0.2) is 0 Å². The summed E-state index contributed by atoms with van der Waals surface area (Å²) < 4.78 is 5.01. The molecule has 0 amide bonds. The van der Waals surface area contributed by atoms with Crippen molar-refractivity contribution in [3.8, 4) is 0 Å². The van der Waals surface area contributed by atoms with Crippen LogP contribution in [-0.2, 0) is 9.53 Å². The van der Waals surface area contributed by atoms with Crippen LogP contribution in [0.3, 0.4) is 0 Å². The van der Waals surface area contributed by atoms with Gasteiger partial charge in [0.25, 0.3) is 0 Å². The summed E-state index contributed by atoms with van der Waals surface area (Å²) in [7, 11) is 0. The Hall–Kier alpha value is -0.690. The van der Waals surface area contributed by atoms with Gasteiger partial charge in [-0.3, -0.25) is 4.79 Å². The van der Waals surface area contributed by atoms with E-state index in [-0.39, 0.29) is 0 Å². The molecule has 1 saturated heterocycles. The molecule has 0 aliphatic carbocycles. The first-order chi connectivity index (χ1) is 10.1. The van der Waals surface area contributed by atoms with Gasteiger partial charge in [0, 0.05) is 0 Å². The van der Waals surface area contributed by atoms with E-state index >= 15 is 0 Å². The predicted octanol–water partition coefficient (Wildman–Crippen LogP) is -5.14. The van der Waals surface area contributed by atoms with Crippen LogP contribution in [0, 0.1) is 0 Å². The average molecular weight is 326 g/mol. The SMILES string of the molecule is C[C@H]1OC(C(=O)[C@H](O)[C@@H](O)[C@H](O)[C@H](O)CO)[C@@H](O)[C@@H](O)[C@@H]1O. The smallest absolute Gasteiger partial charge is 0.195 e. The second kappa shape index (κ2) is 7.73. The van der Waals surface area contributed by atoms with E-state index in [1.165, 1.54) is 6.92 Å².